The first kappa shape index (κ1) is 22.4. The predicted molar refractivity (Wildman–Crippen MR) is 116 cm³/mol. The van der Waals surface area contributed by atoms with Crippen LogP contribution in [0.4, 0.5) is 20.0 Å². The van der Waals surface area contributed by atoms with Crippen molar-refractivity contribution in [2.75, 3.05) is 10.6 Å². The Morgan fingerprint density at radius 2 is 1.87 bits per heavy atom. The highest BCUT2D eigenvalue weighted by Crippen LogP contribution is 2.22. The summed E-state index contributed by atoms with van der Waals surface area (Å²) in [6.45, 7) is 1.46. The summed E-state index contributed by atoms with van der Waals surface area (Å²) in [5.74, 6) is -1.06. The fraction of sp³-hybridized carbons (Fsp3) is 0.150. The number of amides is 3. The lowest BCUT2D eigenvalue weighted by Crippen LogP contribution is -2.28. The van der Waals surface area contributed by atoms with Crippen LogP contribution in [0, 0.1) is 5.82 Å². The van der Waals surface area contributed by atoms with Crippen molar-refractivity contribution in [2.24, 2.45) is 0 Å². The normalized spacial score (nSPS) is 11.0. The molecule has 0 radical (unpaired) electrons. The molecule has 3 rings (SSSR count). The first-order valence-electron chi connectivity index (χ1n) is 9.05. The zero-order valence-corrected chi connectivity index (χ0v) is 18.0. The summed E-state index contributed by atoms with van der Waals surface area (Å²) in [5, 5.41) is 9.41. The number of benzene rings is 2. The first-order chi connectivity index (χ1) is 14.7. The number of urea groups is 1. The van der Waals surface area contributed by atoms with Crippen LogP contribution in [0.3, 0.4) is 0 Å². The third kappa shape index (κ3) is 6.59. The summed E-state index contributed by atoms with van der Waals surface area (Å²) in [6.07, 6.45) is 0. The Kier molecular flexibility index (Phi) is 6.98. The molecule has 8 nitrogen and oxygen atoms in total. The van der Waals surface area contributed by atoms with Crippen LogP contribution < -0.4 is 16.0 Å². The van der Waals surface area contributed by atoms with E-state index >= 15 is 0 Å². The smallest absolute Gasteiger partial charge is 0.321 e. The third-order valence-electron chi connectivity index (χ3n) is 3.97. The maximum Gasteiger partial charge on any atom is 0.321 e. The molecule has 0 aliphatic rings. The number of carbonyl (C=O) groups is 2. The van der Waals surface area contributed by atoms with E-state index in [1.165, 1.54) is 42.6 Å². The lowest BCUT2D eigenvalue weighted by molar-refractivity contribution is -0.114. The zero-order chi connectivity index (χ0) is 22.4. The van der Waals surface area contributed by atoms with Gasteiger partial charge in [-0.15, -0.1) is 11.3 Å². The molecule has 0 spiro atoms. The maximum atomic E-state index is 13.2. The Balaban J connectivity index is 1.60. The van der Waals surface area contributed by atoms with Crippen LogP contribution in [0.5, 0.6) is 0 Å². The van der Waals surface area contributed by atoms with E-state index in [-0.39, 0.29) is 33.9 Å². The number of rotatable bonds is 7. The molecule has 11 heteroatoms. The van der Waals surface area contributed by atoms with Gasteiger partial charge in [-0.05, 0) is 35.9 Å². The molecule has 0 fully saturated rings. The van der Waals surface area contributed by atoms with E-state index in [2.05, 4.69) is 20.9 Å². The molecule has 31 heavy (non-hydrogen) atoms. The van der Waals surface area contributed by atoms with E-state index in [4.69, 9.17) is 0 Å². The van der Waals surface area contributed by atoms with Crippen molar-refractivity contribution in [1.82, 2.24) is 10.3 Å². The standard InChI is InChI=1S/C20H19FN4O4S2/c1-13(26)23-16-6-3-7-18(9-16)31(28,29)12-17-11-30-20(24-17)25-19(27)22-10-14-4-2-5-15(21)8-14/h2-9,11H,10,12H2,1H3,(H,23,26)(H2,22,24,25,27). The molecule has 3 aromatic rings. The van der Waals surface area contributed by atoms with Gasteiger partial charge in [0, 0.05) is 24.5 Å². The molecule has 2 aromatic carbocycles. The number of carbonyl (C=O) groups excluding carboxylic acids is 2. The van der Waals surface area contributed by atoms with Gasteiger partial charge in [0.2, 0.25) is 5.91 Å². The Labute approximate surface area is 182 Å². The van der Waals surface area contributed by atoms with Gasteiger partial charge in [-0.1, -0.05) is 18.2 Å². The van der Waals surface area contributed by atoms with Crippen LogP contribution in [0.25, 0.3) is 0 Å². The topological polar surface area (TPSA) is 117 Å². The Hall–Kier alpha value is -3.31. The monoisotopic (exact) mass is 462 g/mol. The summed E-state index contributed by atoms with van der Waals surface area (Å²) in [5.41, 5.74) is 1.25. The van der Waals surface area contributed by atoms with Gasteiger partial charge < -0.3 is 10.6 Å². The van der Waals surface area contributed by atoms with Gasteiger partial charge in [0.1, 0.15) is 5.82 Å². The minimum atomic E-state index is -3.71. The molecule has 162 valence electrons. The average Bonchev–Trinajstić information content (AvgIpc) is 3.12. The van der Waals surface area contributed by atoms with Crippen molar-refractivity contribution in [3.8, 4) is 0 Å². The molecule has 0 saturated carbocycles. The van der Waals surface area contributed by atoms with Crippen LogP contribution in [0.15, 0.2) is 58.8 Å². The van der Waals surface area contributed by atoms with Gasteiger partial charge in [-0.2, -0.15) is 0 Å². The van der Waals surface area contributed by atoms with Crippen molar-refractivity contribution in [3.05, 3.63) is 71.0 Å². The van der Waals surface area contributed by atoms with Crippen LogP contribution in [0.2, 0.25) is 0 Å². The molecule has 1 heterocycles. The van der Waals surface area contributed by atoms with E-state index in [0.29, 0.717) is 11.3 Å². The van der Waals surface area contributed by atoms with Crippen molar-refractivity contribution < 1.29 is 22.4 Å². The fourth-order valence-corrected chi connectivity index (χ4v) is 4.76. The third-order valence-corrected chi connectivity index (χ3v) is 6.42. The van der Waals surface area contributed by atoms with Crippen molar-refractivity contribution in [2.45, 2.75) is 24.1 Å². The van der Waals surface area contributed by atoms with E-state index < -0.39 is 21.7 Å². The number of halogens is 1. The minimum absolute atomic E-state index is 0.0501. The van der Waals surface area contributed by atoms with Gasteiger partial charge in [0.05, 0.1) is 16.3 Å². The molecule has 3 N–H and O–H groups in total. The minimum Gasteiger partial charge on any atom is -0.334 e. The van der Waals surface area contributed by atoms with E-state index in [1.54, 1.807) is 18.2 Å². The van der Waals surface area contributed by atoms with Gasteiger partial charge in [-0.3, -0.25) is 10.1 Å². The number of nitrogens with one attached hydrogen (secondary N) is 3. The fourth-order valence-electron chi connectivity index (χ4n) is 2.65. The number of hydrogen-bond acceptors (Lipinski definition) is 6. The first-order valence-corrected chi connectivity index (χ1v) is 11.6. The second kappa shape index (κ2) is 9.67. The molecular weight excluding hydrogens is 443 g/mol. The van der Waals surface area contributed by atoms with Gasteiger partial charge >= 0.3 is 6.03 Å². The number of aromatic nitrogens is 1. The predicted octanol–water partition coefficient (Wildman–Crippen LogP) is 3.54. The summed E-state index contributed by atoms with van der Waals surface area (Å²) in [4.78, 5) is 27.4. The number of anilines is 2. The van der Waals surface area contributed by atoms with Crippen molar-refractivity contribution in [1.29, 1.82) is 0 Å². The lowest BCUT2D eigenvalue weighted by atomic mass is 10.2. The van der Waals surface area contributed by atoms with E-state index in [9.17, 15) is 22.4 Å². The summed E-state index contributed by atoms with van der Waals surface area (Å²) in [6, 6.07) is 11.2. The van der Waals surface area contributed by atoms with Crippen LogP contribution in [-0.2, 0) is 26.9 Å². The van der Waals surface area contributed by atoms with Gasteiger partial charge in [-0.25, -0.2) is 22.6 Å². The van der Waals surface area contributed by atoms with Crippen LogP contribution in [0.1, 0.15) is 18.2 Å². The molecule has 3 amide bonds. The molecule has 0 aliphatic heterocycles. The highest BCUT2D eigenvalue weighted by molar-refractivity contribution is 7.90. The molecular formula is C20H19FN4O4S2. The zero-order valence-electron chi connectivity index (χ0n) is 16.4. The SMILES string of the molecule is CC(=O)Nc1cccc(S(=O)(=O)Cc2csc(NC(=O)NCc3cccc(F)c3)n2)c1. The van der Waals surface area contributed by atoms with E-state index in [0.717, 1.165) is 11.3 Å². The Morgan fingerprint density at radius 3 is 2.61 bits per heavy atom. The molecule has 0 atom stereocenters. The molecule has 0 saturated heterocycles. The molecule has 0 aliphatic carbocycles. The highest BCUT2D eigenvalue weighted by Gasteiger charge is 2.18. The molecule has 0 unspecified atom stereocenters. The van der Waals surface area contributed by atoms with Gasteiger partial charge in [0.25, 0.3) is 0 Å². The summed E-state index contributed by atoms with van der Waals surface area (Å²) in [7, 11) is -3.71. The quantitative estimate of drug-likeness (QED) is 0.497. The highest BCUT2D eigenvalue weighted by atomic mass is 32.2. The molecule has 0 bridgehead atoms. The average molecular weight is 463 g/mol. The number of nitrogens with zero attached hydrogens (tertiary/aromatic N) is 1. The second-order valence-corrected chi connectivity index (χ2v) is 9.40. The largest absolute Gasteiger partial charge is 0.334 e. The van der Waals surface area contributed by atoms with Crippen LogP contribution >= 0.6 is 11.3 Å². The Morgan fingerprint density at radius 1 is 1.10 bits per heavy atom. The van der Waals surface area contributed by atoms with Crippen molar-refractivity contribution >= 4 is 43.9 Å². The summed E-state index contributed by atoms with van der Waals surface area (Å²) < 4.78 is 38.5. The summed E-state index contributed by atoms with van der Waals surface area (Å²) >= 11 is 1.08. The van der Waals surface area contributed by atoms with Crippen molar-refractivity contribution in [3.63, 3.8) is 0 Å². The van der Waals surface area contributed by atoms with E-state index in [1.807, 2.05) is 0 Å². The number of sulfone groups is 1. The lowest BCUT2D eigenvalue weighted by Gasteiger charge is -2.07. The van der Waals surface area contributed by atoms with Gasteiger partial charge in [0.15, 0.2) is 15.0 Å². The molecule has 1 aromatic heterocycles. The number of thiazole rings is 1. The second-order valence-electron chi connectivity index (χ2n) is 6.55. The number of hydrogen-bond donors (Lipinski definition) is 3. The Bertz CT molecular complexity index is 1210. The maximum absolute atomic E-state index is 13.2. The van der Waals surface area contributed by atoms with Crippen LogP contribution in [-0.4, -0.2) is 25.3 Å².